The topological polar surface area (TPSA) is 87.1 Å². The van der Waals surface area contributed by atoms with Crippen LogP contribution in [0.2, 0.25) is 0 Å². The first-order valence-electron chi connectivity index (χ1n) is 8.48. The highest BCUT2D eigenvalue weighted by atomic mass is 16.5. The Morgan fingerprint density at radius 3 is 2.54 bits per heavy atom. The van der Waals surface area contributed by atoms with Crippen LogP contribution in [0.15, 0.2) is 42.5 Å². The average Bonchev–Trinajstić information content (AvgIpc) is 3.11. The molecule has 1 atom stereocenters. The number of aromatic hydroxyl groups is 2. The second kappa shape index (κ2) is 7.47. The van der Waals surface area contributed by atoms with Crippen LogP contribution in [-0.4, -0.2) is 40.6 Å². The van der Waals surface area contributed by atoms with Gasteiger partial charge >= 0.3 is 5.97 Å². The third-order valence-corrected chi connectivity index (χ3v) is 4.67. The number of ether oxygens (including phenoxy) is 1. The highest BCUT2D eigenvalue weighted by Crippen LogP contribution is 2.35. The zero-order chi connectivity index (χ0) is 18.7. The van der Waals surface area contributed by atoms with E-state index in [0.29, 0.717) is 6.54 Å². The van der Waals surface area contributed by atoms with Crippen LogP contribution in [0.1, 0.15) is 40.4 Å². The predicted octanol–water partition coefficient (Wildman–Crippen LogP) is 2.79. The van der Waals surface area contributed by atoms with Crippen molar-refractivity contribution >= 4 is 11.9 Å². The number of benzene rings is 2. The van der Waals surface area contributed by atoms with Gasteiger partial charge in [-0.3, -0.25) is 9.59 Å². The Kier molecular flexibility index (Phi) is 5.11. The number of methoxy groups -OCH3 is 1. The number of amides is 1. The van der Waals surface area contributed by atoms with Gasteiger partial charge in [0.05, 0.1) is 25.1 Å². The van der Waals surface area contributed by atoms with Gasteiger partial charge in [0, 0.05) is 12.6 Å². The molecule has 1 heterocycles. The molecule has 0 aliphatic carbocycles. The lowest BCUT2D eigenvalue weighted by molar-refractivity contribution is -0.139. The van der Waals surface area contributed by atoms with Gasteiger partial charge in [0.25, 0.3) is 5.91 Å². The molecule has 0 radical (unpaired) electrons. The lowest BCUT2D eigenvalue weighted by Gasteiger charge is -2.25. The second-order valence-corrected chi connectivity index (χ2v) is 6.35. The molecule has 0 saturated carbocycles. The van der Waals surface area contributed by atoms with Crippen molar-refractivity contribution in [2.24, 2.45) is 0 Å². The quantitative estimate of drug-likeness (QED) is 0.824. The molecule has 2 N–H and O–H groups in total. The molecule has 1 saturated heterocycles. The fourth-order valence-electron chi connectivity index (χ4n) is 3.31. The molecule has 0 spiro atoms. The van der Waals surface area contributed by atoms with Crippen LogP contribution in [0.5, 0.6) is 11.5 Å². The summed E-state index contributed by atoms with van der Waals surface area (Å²) in [5.74, 6) is -0.867. The summed E-state index contributed by atoms with van der Waals surface area (Å²) in [7, 11) is 1.36. The molecule has 6 heteroatoms. The monoisotopic (exact) mass is 355 g/mol. The lowest BCUT2D eigenvalue weighted by atomic mass is 10.0. The van der Waals surface area contributed by atoms with Crippen molar-refractivity contribution in [2.45, 2.75) is 25.3 Å². The summed E-state index contributed by atoms with van der Waals surface area (Å²) in [5.41, 5.74) is 2.02. The van der Waals surface area contributed by atoms with Gasteiger partial charge in [-0.2, -0.15) is 0 Å². The van der Waals surface area contributed by atoms with Crippen molar-refractivity contribution in [3.8, 4) is 11.5 Å². The Balaban J connectivity index is 1.79. The zero-order valence-corrected chi connectivity index (χ0v) is 14.5. The van der Waals surface area contributed by atoms with E-state index in [0.717, 1.165) is 24.0 Å². The average molecular weight is 355 g/mol. The Morgan fingerprint density at radius 2 is 1.88 bits per heavy atom. The minimum absolute atomic E-state index is 0.0807. The number of carbonyl (C=O) groups is 2. The molecule has 1 aliphatic rings. The highest BCUT2D eigenvalue weighted by molar-refractivity contribution is 5.97. The van der Waals surface area contributed by atoms with E-state index < -0.39 is 0 Å². The summed E-state index contributed by atoms with van der Waals surface area (Å²) < 4.78 is 4.67. The van der Waals surface area contributed by atoms with E-state index in [1.807, 2.05) is 24.3 Å². The van der Waals surface area contributed by atoms with Crippen molar-refractivity contribution in [1.82, 2.24) is 4.90 Å². The maximum atomic E-state index is 12.8. The molecule has 2 aromatic rings. The Hall–Kier alpha value is -3.02. The van der Waals surface area contributed by atoms with Gasteiger partial charge in [-0.15, -0.1) is 0 Å². The zero-order valence-electron chi connectivity index (χ0n) is 14.5. The van der Waals surface area contributed by atoms with E-state index >= 15 is 0 Å². The molecule has 1 unspecified atom stereocenters. The summed E-state index contributed by atoms with van der Waals surface area (Å²) in [4.78, 5) is 25.9. The third-order valence-electron chi connectivity index (χ3n) is 4.67. The molecule has 6 nitrogen and oxygen atoms in total. The van der Waals surface area contributed by atoms with E-state index in [4.69, 9.17) is 0 Å². The van der Waals surface area contributed by atoms with Gasteiger partial charge < -0.3 is 19.8 Å². The van der Waals surface area contributed by atoms with E-state index in [2.05, 4.69) is 4.74 Å². The van der Waals surface area contributed by atoms with Gasteiger partial charge in [-0.1, -0.05) is 24.3 Å². The molecule has 26 heavy (non-hydrogen) atoms. The van der Waals surface area contributed by atoms with Gasteiger partial charge in [0.15, 0.2) is 0 Å². The number of hydrogen-bond donors (Lipinski definition) is 2. The van der Waals surface area contributed by atoms with Crippen LogP contribution in [0.25, 0.3) is 0 Å². The molecule has 1 amide bonds. The largest absolute Gasteiger partial charge is 0.508 e. The van der Waals surface area contributed by atoms with Crippen molar-refractivity contribution in [2.75, 3.05) is 13.7 Å². The summed E-state index contributed by atoms with van der Waals surface area (Å²) in [6.45, 7) is 0.605. The molecule has 0 bridgehead atoms. The number of phenols is 2. The predicted molar refractivity (Wildman–Crippen MR) is 94.9 cm³/mol. The number of carbonyl (C=O) groups excluding carboxylic acids is 2. The van der Waals surface area contributed by atoms with Crippen LogP contribution >= 0.6 is 0 Å². The maximum Gasteiger partial charge on any atom is 0.309 e. The van der Waals surface area contributed by atoms with Crippen LogP contribution in [0.4, 0.5) is 0 Å². The Morgan fingerprint density at radius 1 is 1.15 bits per heavy atom. The van der Waals surface area contributed by atoms with Crippen molar-refractivity contribution in [1.29, 1.82) is 0 Å². The summed E-state index contributed by atoms with van der Waals surface area (Å²) in [5, 5.41) is 19.4. The Bertz CT molecular complexity index is 815. The van der Waals surface area contributed by atoms with Gasteiger partial charge in [0.1, 0.15) is 11.5 Å². The van der Waals surface area contributed by atoms with Crippen molar-refractivity contribution in [3.63, 3.8) is 0 Å². The molecule has 0 aromatic heterocycles. The minimum Gasteiger partial charge on any atom is -0.508 e. The fourth-order valence-corrected chi connectivity index (χ4v) is 3.31. The van der Waals surface area contributed by atoms with E-state index in [9.17, 15) is 19.8 Å². The van der Waals surface area contributed by atoms with Crippen molar-refractivity contribution in [3.05, 3.63) is 59.2 Å². The normalized spacial score (nSPS) is 16.5. The molecule has 3 rings (SSSR count). The van der Waals surface area contributed by atoms with Gasteiger partial charge in [-0.25, -0.2) is 0 Å². The first kappa shape index (κ1) is 17.8. The first-order chi connectivity index (χ1) is 12.5. The van der Waals surface area contributed by atoms with Crippen molar-refractivity contribution < 1.29 is 24.5 Å². The fraction of sp³-hybridized carbons (Fsp3) is 0.300. The first-order valence-corrected chi connectivity index (χ1v) is 8.48. The van der Waals surface area contributed by atoms with Gasteiger partial charge in [0.2, 0.25) is 0 Å². The molecule has 1 aliphatic heterocycles. The number of likely N-dealkylation sites (tertiary alicyclic amines) is 1. The van der Waals surface area contributed by atoms with Crippen LogP contribution in [-0.2, 0) is 16.0 Å². The summed E-state index contributed by atoms with van der Waals surface area (Å²) in [6.07, 6.45) is 1.92. The highest BCUT2D eigenvalue weighted by Gasteiger charge is 2.31. The van der Waals surface area contributed by atoms with Crippen LogP contribution < -0.4 is 0 Å². The smallest absolute Gasteiger partial charge is 0.309 e. The number of rotatable bonds is 4. The van der Waals surface area contributed by atoms with Gasteiger partial charge in [-0.05, 0) is 36.1 Å². The van der Waals surface area contributed by atoms with Crippen LogP contribution in [0, 0.1) is 0 Å². The number of phenolic OH excluding ortho intramolecular Hbond substituents is 2. The van der Waals surface area contributed by atoms with E-state index in [1.54, 1.807) is 4.90 Å². The molecule has 1 fully saturated rings. The van der Waals surface area contributed by atoms with E-state index in [-0.39, 0.29) is 41.4 Å². The number of hydrogen-bond acceptors (Lipinski definition) is 5. The minimum atomic E-state index is -0.293. The maximum absolute atomic E-state index is 12.8. The molecule has 136 valence electrons. The SMILES string of the molecule is COC(=O)Cc1ccc(C2CCCN2C(=O)c2ccc(O)cc2O)cc1. The Labute approximate surface area is 151 Å². The summed E-state index contributed by atoms with van der Waals surface area (Å²) in [6, 6.07) is 11.5. The molecular weight excluding hydrogens is 334 g/mol. The summed E-state index contributed by atoms with van der Waals surface area (Å²) >= 11 is 0. The number of nitrogens with zero attached hydrogens (tertiary/aromatic N) is 1. The molecule has 2 aromatic carbocycles. The van der Waals surface area contributed by atoms with Crippen LogP contribution in [0.3, 0.4) is 0 Å². The molecular formula is C20H21NO5. The third kappa shape index (κ3) is 3.64. The van der Waals surface area contributed by atoms with E-state index in [1.165, 1.54) is 25.3 Å². The lowest BCUT2D eigenvalue weighted by Crippen LogP contribution is -2.30. The number of esters is 1. The second-order valence-electron chi connectivity index (χ2n) is 6.35. The standard InChI is InChI=1S/C20H21NO5/c1-26-19(24)11-13-4-6-14(7-5-13)17-3-2-10-21(17)20(25)16-9-8-15(22)12-18(16)23/h4-9,12,17,22-23H,2-3,10-11H2,1H3.